The number of hydrogen-bond donors (Lipinski definition) is 2. The summed E-state index contributed by atoms with van der Waals surface area (Å²) in [5.41, 5.74) is 2.78. The Labute approximate surface area is 120 Å². The number of rotatable bonds is 5. The van der Waals surface area contributed by atoms with Crippen molar-refractivity contribution >= 4 is 11.6 Å². The number of benzene rings is 1. The molecule has 0 aliphatic carbocycles. The Morgan fingerprint density at radius 2 is 2.30 bits per heavy atom. The monoisotopic (exact) mass is 276 g/mol. The van der Waals surface area contributed by atoms with Crippen LogP contribution in [-0.4, -0.2) is 42.2 Å². The van der Waals surface area contributed by atoms with Gasteiger partial charge in [-0.2, -0.15) is 0 Å². The lowest BCUT2D eigenvalue weighted by Crippen LogP contribution is -2.36. The molecule has 1 atom stereocenters. The standard InChI is InChI=1S/C16H24N2O2/c1-12-7-8-14(15(11-12)17-2)16(20)18-9-3-5-13(18)6-4-10-19/h7-8,11,13,17,19H,3-6,9-10H2,1-2H3. The minimum atomic E-state index is 0.106. The summed E-state index contributed by atoms with van der Waals surface area (Å²) in [6.07, 6.45) is 3.76. The second-order valence-electron chi connectivity index (χ2n) is 5.46. The molecule has 4 nitrogen and oxygen atoms in total. The molecule has 0 bridgehead atoms. The Hall–Kier alpha value is -1.55. The number of carbonyl (C=O) groups excluding carboxylic acids is 1. The van der Waals surface area contributed by atoms with Gasteiger partial charge in [-0.15, -0.1) is 0 Å². The summed E-state index contributed by atoms with van der Waals surface area (Å²) in [6, 6.07) is 6.17. The minimum Gasteiger partial charge on any atom is -0.396 e. The van der Waals surface area contributed by atoms with Crippen LogP contribution in [0.3, 0.4) is 0 Å². The second kappa shape index (κ2) is 6.75. The number of aliphatic hydroxyl groups excluding tert-OH is 1. The summed E-state index contributed by atoms with van der Waals surface area (Å²) < 4.78 is 0. The van der Waals surface area contributed by atoms with E-state index in [-0.39, 0.29) is 18.6 Å². The number of likely N-dealkylation sites (tertiary alicyclic amines) is 1. The van der Waals surface area contributed by atoms with Gasteiger partial charge in [0.25, 0.3) is 5.91 Å². The van der Waals surface area contributed by atoms with E-state index in [1.165, 1.54) is 0 Å². The van der Waals surface area contributed by atoms with Gasteiger partial charge in [0, 0.05) is 31.9 Å². The highest BCUT2D eigenvalue weighted by Crippen LogP contribution is 2.26. The van der Waals surface area contributed by atoms with Crippen molar-refractivity contribution in [3.63, 3.8) is 0 Å². The molecule has 0 radical (unpaired) electrons. The first-order chi connectivity index (χ1) is 9.67. The molecule has 1 heterocycles. The molecule has 0 saturated carbocycles. The molecule has 1 aromatic rings. The van der Waals surface area contributed by atoms with Gasteiger partial charge in [-0.3, -0.25) is 4.79 Å². The maximum atomic E-state index is 12.7. The van der Waals surface area contributed by atoms with Crippen molar-refractivity contribution < 1.29 is 9.90 Å². The molecule has 1 amide bonds. The van der Waals surface area contributed by atoms with Crippen molar-refractivity contribution in [3.8, 4) is 0 Å². The van der Waals surface area contributed by atoms with Gasteiger partial charge in [-0.05, 0) is 50.3 Å². The molecule has 110 valence electrons. The fraction of sp³-hybridized carbons (Fsp3) is 0.562. The minimum absolute atomic E-state index is 0.106. The molecule has 0 spiro atoms. The number of nitrogens with one attached hydrogen (secondary N) is 1. The first-order valence-corrected chi connectivity index (χ1v) is 7.37. The normalized spacial score (nSPS) is 18.4. The highest BCUT2D eigenvalue weighted by atomic mass is 16.3. The smallest absolute Gasteiger partial charge is 0.256 e. The summed E-state index contributed by atoms with van der Waals surface area (Å²) in [4.78, 5) is 14.7. The molecule has 1 unspecified atom stereocenters. The first-order valence-electron chi connectivity index (χ1n) is 7.37. The van der Waals surface area contributed by atoms with Crippen LogP contribution in [0.25, 0.3) is 0 Å². The van der Waals surface area contributed by atoms with Crippen LogP contribution in [0.2, 0.25) is 0 Å². The highest BCUT2D eigenvalue weighted by molar-refractivity contribution is 6.00. The molecular weight excluding hydrogens is 252 g/mol. The summed E-state index contributed by atoms with van der Waals surface area (Å²) >= 11 is 0. The first kappa shape index (κ1) is 14.9. The molecule has 1 saturated heterocycles. The molecule has 1 aliphatic rings. The summed E-state index contributed by atoms with van der Waals surface area (Å²) in [5.74, 6) is 0.106. The fourth-order valence-corrected chi connectivity index (χ4v) is 2.94. The van der Waals surface area contributed by atoms with E-state index in [1.54, 1.807) is 0 Å². The number of anilines is 1. The number of nitrogens with zero attached hydrogens (tertiary/aromatic N) is 1. The van der Waals surface area contributed by atoms with Gasteiger partial charge in [0.15, 0.2) is 0 Å². The Morgan fingerprint density at radius 3 is 3.00 bits per heavy atom. The van der Waals surface area contributed by atoms with Crippen LogP contribution < -0.4 is 5.32 Å². The van der Waals surface area contributed by atoms with Crippen LogP contribution >= 0.6 is 0 Å². The molecule has 2 rings (SSSR count). The largest absolute Gasteiger partial charge is 0.396 e. The Bertz CT molecular complexity index is 474. The van der Waals surface area contributed by atoms with Gasteiger partial charge in [0.05, 0.1) is 5.56 Å². The van der Waals surface area contributed by atoms with Gasteiger partial charge in [0.1, 0.15) is 0 Å². The fourth-order valence-electron chi connectivity index (χ4n) is 2.94. The van der Waals surface area contributed by atoms with Gasteiger partial charge in [-0.1, -0.05) is 6.07 Å². The van der Waals surface area contributed by atoms with E-state index < -0.39 is 0 Å². The topological polar surface area (TPSA) is 52.6 Å². The molecule has 1 aromatic carbocycles. The van der Waals surface area contributed by atoms with Crippen LogP contribution in [0.15, 0.2) is 18.2 Å². The van der Waals surface area contributed by atoms with E-state index in [9.17, 15) is 4.79 Å². The number of aliphatic hydroxyl groups is 1. The van der Waals surface area contributed by atoms with Gasteiger partial charge < -0.3 is 15.3 Å². The third kappa shape index (κ3) is 3.12. The van der Waals surface area contributed by atoms with E-state index >= 15 is 0 Å². The Morgan fingerprint density at radius 1 is 1.50 bits per heavy atom. The number of hydrogen-bond acceptors (Lipinski definition) is 3. The van der Waals surface area contributed by atoms with E-state index in [0.29, 0.717) is 0 Å². The van der Waals surface area contributed by atoms with Crippen molar-refractivity contribution in [2.75, 3.05) is 25.5 Å². The van der Waals surface area contributed by atoms with Crippen LogP contribution in [0.4, 0.5) is 5.69 Å². The zero-order valence-electron chi connectivity index (χ0n) is 12.4. The van der Waals surface area contributed by atoms with Gasteiger partial charge >= 0.3 is 0 Å². The predicted molar refractivity (Wildman–Crippen MR) is 81.1 cm³/mol. The molecule has 2 N–H and O–H groups in total. The number of carbonyl (C=O) groups is 1. The third-order valence-corrected chi connectivity index (χ3v) is 4.01. The van der Waals surface area contributed by atoms with E-state index in [2.05, 4.69) is 5.32 Å². The van der Waals surface area contributed by atoms with E-state index in [1.807, 2.05) is 37.1 Å². The lowest BCUT2D eigenvalue weighted by atomic mass is 10.1. The lowest BCUT2D eigenvalue weighted by molar-refractivity contribution is 0.0725. The highest BCUT2D eigenvalue weighted by Gasteiger charge is 2.29. The number of amides is 1. The molecule has 20 heavy (non-hydrogen) atoms. The summed E-state index contributed by atoms with van der Waals surface area (Å²) in [5, 5.41) is 12.1. The quantitative estimate of drug-likeness (QED) is 0.868. The van der Waals surface area contributed by atoms with Crippen molar-refractivity contribution in [1.29, 1.82) is 0 Å². The van der Waals surface area contributed by atoms with Crippen LogP contribution in [0, 0.1) is 6.92 Å². The van der Waals surface area contributed by atoms with Gasteiger partial charge in [-0.25, -0.2) is 0 Å². The number of aryl methyl sites for hydroxylation is 1. The van der Waals surface area contributed by atoms with Crippen LogP contribution in [0.1, 0.15) is 41.6 Å². The van der Waals surface area contributed by atoms with E-state index in [0.717, 1.165) is 49.0 Å². The van der Waals surface area contributed by atoms with Crippen LogP contribution in [0.5, 0.6) is 0 Å². The van der Waals surface area contributed by atoms with Gasteiger partial charge in [0.2, 0.25) is 0 Å². The molecule has 1 aliphatic heterocycles. The predicted octanol–water partition coefficient (Wildman–Crippen LogP) is 2.41. The lowest BCUT2D eigenvalue weighted by Gasteiger charge is -2.25. The average Bonchev–Trinajstić information content (AvgIpc) is 2.92. The molecule has 1 fully saturated rings. The Kier molecular flexibility index (Phi) is 5.01. The maximum Gasteiger partial charge on any atom is 0.256 e. The van der Waals surface area contributed by atoms with Crippen molar-refractivity contribution in [1.82, 2.24) is 4.90 Å². The third-order valence-electron chi connectivity index (χ3n) is 4.01. The summed E-state index contributed by atoms with van der Waals surface area (Å²) in [7, 11) is 1.85. The molecule has 4 heteroatoms. The summed E-state index contributed by atoms with van der Waals surface area (Å²) in [6.45, 7) is 3.05. The zero-order chi connectivity index (χ0) is 14.5. The van der Waals surface area contributed by atoms with E-state index in [4.69, 9.17) is 5.11 Å². The van der Waals surface area contributed by atoms with Crippen molar-refractivity contribution in [2.24, 2.45) is 0 Å². The second-order valence-corrected chi connectivity index (χ2v) is 5.46. The SMILES string of the molecule is CNc1cc(C)ccc1C(=O)N1CCCC1CCCO. The Balaban J connectivity index is 2.17. The molecule has 0 aromatic heterocycles. The van der Waals surface area contributed by atoms with Crippen molar-refractivity contribution in [3.05, 3.63) is 29.3 Å². The maximum absolute atomic E-state index is 12.7. The zero-order valence-corrected chi connectivity index (χ0v) is 12.4. The molecular formula is C16H24N2O2. The van der Waals surface area contributed by atoms with Crippen molar-refractivity contribution in [2.45, 2.75) is 38.6 Å². The average molecular weight is 276 g/mol. The van der Waals surface area contributed by atoms with Crippen LogP contribution in [-0.2, 0) is 0 Å².